The fourth-order valence-electron chi connectivity index (χ4n) is 2.52. The zero-order valence-corrected chi connectivity index (χ0v) is 15.0. The number of hydrogen-bond donors (Lipinski definition) is 1. The van der Waals surface area contributed by atoms with E-state index in [0.29, 0.717) is 10.7 Å². The molecule has 4 nitrogen and oxygen atoms in total. The zero-order valence-electron chi connectivity index (χ0n) is 13.4. The molecule has 138 valence electrons. The SMILES string of the molecule is O=C1NC(=S)N(c2ccc(Cl)cc2)C(=O)/C1=C/c1ccccc1C(F)(F)F. The summed E-state index contributed by atoms with van der Waals surface area (Å²) in [4.78, 5) is 26.0. The number of amides is 2. The number of anilines is 1. The molecule has 1 heterocycles. The van der Waals surface area contributed by atoms with Gasteiger partial charge >= 0.3 is 6.18 Å². The Hall–Kier alpha value is -2.71. The van der Waals surface area contributed by atoms with E-state index >= 15 is 0 Å². The molecule has 27 heavy (non-hydrogen) atoms. The summed E-state index contributed by atoms with van der Waals surface area (Å²) in [6.07, 6.45) is -3.72. The maximum atomic E-state index is 13.2. The summed E-state index contributed by atoms with van der Waals surface area (Å²) in [7, 11) is 0. The molecule has 2 aromatic rings. The first-order valence-electron chi connectivity index (χ1n) is 7.52. The van der Waals surface area contributed by atoms with E-state index in [9.17, 15) is 22.8 Å². The Morgan fingerprint density at radius 2 is 1.67 bits per heavy atom. The van der Waals surface area contributed by atoms with E-state index in [-0.39, 0.29) is 10.7 Å². The van der Waals surface area contributed by atoms with E-state index in [2.05, 4.69) is 5.32 Å². The van der Waals surface area contributed by atoms with Gasteiger partial charge in [0.05, 0.1) is 11.3 Å². The van der Waals surface area contributed by atoms with Crippen molar-refractivity contribution in [1.29, 1.82) is 0 Å². The maximum absolute atomic E-state index is 13.2. The van der Waals surface area contributed by atoms with E-state index < -0.39 is 29.1 Å². The third-order valence-corrected chi connectivity index (χ3v) is 4.29. The highest BCUT2D eigenvalue weighted by molar-refractivity contribution is 7.80. The van der Waals surface area contributed by atoms with Crippen LogP contribution in [0.25, 0.3) is 6.08 Å². The molecule has 1 aliphatic heterocycles. The molecule has 1 aliphatic rings. The number of thiocarbonyl (C=S) groups is 1. The van der Waals surface area contributed by atoms with Crippen molar-refractivity contribution in [2.24, 2.45) is 0 Å². The van der Waals surface area contributed by atoms with Crippen LogP contribution in [0.2, 0.25) is 5.02 Å². The van der Waals surface area contributed by atoms with Crippen LogP contribution in [0.15, 0.2) is 54.1 Å². The Kier molecular flexibility index (Phi) is 5.03. The molecule has 0 atom stereocenters. The van der Waals surface area contributed by atoms with Gasteiger partial charge in [-0.2, -0.15) is 13.2 Å². The molecular weight excluding hydrogens is 401 g/mol. The Morgan fingerprint density at radius 3 is 2.30 bits per heavy atom. The van der Waals surface area contributed by atoms with Crippen LogP contribution >= 0.6 is 23.8 Å². The fraction of sp³-hybridized carbons (Fsp3) is 0.0556. The Labute approximate surface area is 162 Å². The van der Waals surface area contributed by atoms with Gasteiger partial charge in [-0.1, -0.05) is 29.8 Å². The Morgan fingerprint density at radius 1 is 1.04 bits per heavy atom. The van der Waals surface area contributed by atoms with Gasteiger partial charge in [0, 0.05) is 5.02 Å². The molecule has 2 aromatic carbocycles. The minimum Gasteiger partial charge on any atom is -0.298 e. The van der Waals surface area contributed by atoms with Crippen LogP contribution in [0.5, 0.6) is 0 Å². The van der Waals surface area contributed by atoms with E-state index in [1.165, 1.54) is 42.5 Å². The number of hydrogen-bond acceptors (Lipinski definition) is 3. The number of halogens is 4. The number of carbonyl (C=O) groups is 2. The normalized spacial score (nSPS) is 16.7. The van der Waals surface area contributed by atoms with E-state index in [1.807, 2.05) is 0 Å². The molecule has 0 aliphatic carbocycles. The molecule has 0 unspecified atom stereocenters. The van der Waals surface area contributed by atoms with Crippen LogP contribution in [0, 0.1) is 0 Å². The zero-order chi connectivity index (χ0) is 19.8. The summed E-state index contributed by atoms with van der Waals surface area (Å²) in [5.41, 5.74) is -1.39. The smallest absolute Gasteiger partial charge is 0.298 e. The second kappa shape index (κ2) is 7.13. The van der Waals surface area contributed by atoms with Gasteiger partial charge in [-0.05, 0) is 54.2 Å². The maximum Gasteiger partial charge on any atom is 0.416 e. The van der Waals surface area contributed by atoms with Crippen molar-refractivity contribution in [1.82, 2.24) is 5.32 Å². The highest BCUT2D eigenvalue weighted by Crippen LogP contribution is 2.33. The molecule has 0 saturated carbocycles. The largest absolute Gasteiger partial charge is 0.416 e. The van der Waals surface area contributed by atoms with Crippen molar-refractivity contribution in [3.8, 4) is 0 Å². The molecule has 2 amide bonds. The average Bonchev–Trinajstić information content (AvgIpc) is 2.59. The number of nitrogens with one attached hydrogen (secondary N) is 1. The molecule has 0 radical (unpaired) electrons. The van der Waals surface area contributed by atoms with Gasteiger partial charge in [0.2, 0.25) is 0 Å². The first-order valence-corrected chi connectivity index (χ1v) is 8.30. The average molecular weight is 411 g/mol. The van der Waals surface area contributed by atoms with Crippen LogP contribution in [-0.2, 0) is 15.8 Å². The van der Waals surface area contributed by atoms with Gasteiger partial charge in [0.15, 0.2) is 5.11 Å². The van der Waals surface area contributed by atoms with Crippen molar-refractivity contribution in [3.05, 3.63) is 70.3 Å². The van der Waals surface area contributed by atoms with Crippen LogP contribution < -0.4 is 10.2 Å². The Balaban J connectivity index is 2.07. The van der Waals surface area contributed by atoms with Gasteiger partial charge in [0.1, 0.15) is 5.57 Å². The minimum absolute atomic E-state index is 0.173. The van der Waals surface area contributed by atoms with E-state index in [1.54, 1.807) is 0 Å². The van der Waals surface area contributed by atoms with Crippen molar-refractivity contribution >= 4 is 52.5 Å². The van der Waals surface area contributed by atoms with Crippen molar-refractivity contribution in [2.45, 2.75) is 6.18 Å². The lowest BCUT2D eigenvalue weighted by molar-refractivity contribution is -0.137. The minimum atomic E-state index is -4.63. The standard InChI is InChI=1S/C18H10ClF3N2O2S/c19-11-5-7-12(8-6-11)24-16(26)13(15(25)23-17(24)27)9-10-3-1-2-4-14(10)18(20,21)22/h1-9H,(H,23,25,27)/b13-9+. The second-order valence-electron chi connectivity index (χ2n) is 5.52. The summed E-state index contributed by atoms with van der Waals surface area (Å²) < 4.78 is 39.5. The first kappa shape index (κ1) is 19.1. The molecule has 0 spiro atoms. The summed E-state index contributed by atoms with van der Waals surface area (Å²) in [6.45, 7) is 0. The molecule has 1 N–H and O–H groups in total. The van der Waals surface area contributed by atoms with Gasteiger partial charge < -0.3 is 0 Å². The number of alkyl halides is 3. The van der Waals surface area contributed by atoms with Crippen LogP contribution in [0.1, 0.15) is 11.1 Å². The van der Waals surface area contributed by atoms with Crippen LogP contribution in [-0.4, -0.2) is 16.9 Å². The number of nitrogens with zero attached hydrogens (tertiary/aromatic N) is 1. The quantitative estimate of drug-likeness (QED) is 0.459. The predicted molar refractivity (Wildman–Crippen MR) is 99.1 cm³/mol. The second-order valence-corrected chi connectivity index (χ2v) is 6.34. The summed E-state index contributed by atoms with van der Waals surface area (Å²) >= 11 is 10.9. The predicted octanol–water partition coefficient (Wildman–Crippen LogP) is 4.19. The monoisotopic (exact) mass is 410 g/mol. The van der Waals surface area contributed by atoms with E-state index in [0.717, 1.165) is 17.0 Å². The molecular formula is C18H10ClF3N2O2S. The van der Waals surface area contributed by atoms with Gasteiger partial charge in [-0.3, -0.25) is 19.8 Å². The van der Waals surface area contributed by atoms with Gasteiger partial charge in [0.25, 0.3) is 11.8 Å². The van der Waals surface area contributed by atoms with Gasteiger partial charge in [-0.15, -0.1) is 0 Å². The third-order valence-electron chi connectivity index (χ3n) is 3.75. The number of rotatable bonds is 2. The summed E-state index contributed by atoms with van der Waals surface area (Å²) in [5.74, 6) is -1.70. The Bertz CT molecular complexity index is 971. The lowest BCUT2D eigenvalue weighted by Crippen LogP contribution is -2.54. The molecule has 1 fully saturated rings. The number of carbonyl (C=O) groups excluding carboxylic acids is 2. The molecule has 3 rings (SSSR count). The fourth-order valence-corrected chi connectivity index (χ4v) is 2.93. The first-order chi connectivity index (χ1) is 12.7. The molecule has 0 aromatic heterocycles. The lowest BCUT2D eigenvalue weighted by atomic mass is 10.0. The van der Waals surface area contributed by atoms with Crippen molar-refractivity contribution in [2.75, 3.05) is 4.90 Å². The lowest BCUT2D eigenvalue weighted by Gasteiger charge is -2.29. The third kappa shape index (κ3) is 3.86. The summed E-state index contributed by atoms with van der Waals surface area (Å²) in [6, 6.07) is 10.7. The molecule has 1 saturated heterocycles. The molecule has 0 bridgehead atoms. The topological polar surface area (TPSA) is 49.4 Å². The van der Waals surface area contributed by atoms with Crippen LogP contribution in [0.4, 0.5) is 18.9 Å². The van der Waals surface area contributed by atoms with Crippen molar-refractivity contribution < 1.29 is 22.8 Å². The van der Waals surface area contributed by atoms with Crippen LogP contribution in [0.3, 0.4) is 0 Å². The van der Waals surface area contributed by atoms with Crippen molar-refractivity contribution in [3.63, 3.8) is 0 Å². The van der Waals surface area contributed by atoms with Gasteiger partial charge in [-0.25, -0.2) is 0 Å². The highest BCUT2D eigenvalue weighted by atomic mass is 35.5. The molecule has 9 heteroatoms. The number of benzene rings is 2. The summed E-state index contributed by atoms with van der Waals surface area (Å²) in [5, 5.41) is 2.57. The van der Waals surface area contributed by atoms with E-state index in [4.69, 9.17) is 23.8 Å². The highest BCUT2D eigenvalue weighted by Gasteiger charge is 2.36.